The minimum absolute atomic E-state index is 0.0213. The summed E-state index contributed by atoms with van der Waals surface area (Å²) in [5, 5.41) is 6.09. The van der Waals surface area contributed by atoms with Crippen LogP contribution in [0.1, 0.15) is 23.1 Å². The van der Waals surface area contributed by atoms with E-state index in [1.165, 1.54) is 0 Å². The summed E-state index contributed by atoms with van der Waals surface area (Å²) in [5.74, 6) is 0.711. The Morgan fingerprint density at radius 3 is 3.00 bits per heavy atom. The van der Waals surface area contributed by atoms with Crippen molar-refractivity contribution in [1.82, 2.24) is 15.3 Å². The average Bonchev–Trinajstić information content (AvgIpc) is 2.72. The maximum absolute atomic E-state index is 11.9. The zero-order valence-corrected chi connectivity index (χ0v) is 10.6. The number of nitrogens with one attached hydrogen (secondary N) is 2. The lowest BCUT2D eigenvalue weighted by Gasteiger charge is -2.11. The van der Waals surface area contributed by atoms with E-state index >= 15 is 0 Å². The van der Waals surface area contributed by atoms with E-state index in [-0.39, 0.29) is 11.9 Å². The molecular weight excluding hydrogens is 240 g/mol. The van der Waals surface area contributed by atoms with Gasteiger partial charge in [-0.25, -0.2) is 9.97 Å². The van der Waals surface area contributed by atoms with Gasteiger partial charge >= 0.3 is 0 Å². The van der Waals surface area contributed by atoms with Crippen molar-refractivity contribution >= 4 is 11.6 Å². The molecule has 0 bridgehead atoms. The largest absolute Gasteiger partial charge is 0.324 e. The number of rotatable bonds is 3. The first-order valence-corrected chi connectivity index (χ1v) is 6.16. The van der Waals surface area contributed by atoms with Gasteiger partial charge in [0, 0.05) is 24.0 Å². The number of hydrogen-bond donors (Lipinski definition) is 2. The summed E-state index contributed by atoms with van der Waals surface area (Å²) in [6.07, 6.45) is 1.72. The molecule has 0 radical (unpaired) electrons. The van der Waals surface area contributed by atoms with E-state index in [1.807, 2.05) is 37.3 Å². The van der Waals surface area contributed by atoms with Gasteiger partial charge in [0.05, 0.1) is 5.69 Å². The molecule has 19 heavy (non-hydrogen) atoms. The van der Waals surface area contributed by atoms with Crippen LogP contribution in [-0.4, -0.2) is 15.9 Å². The van der Waals surface area contributed by atoms with Gasteiger partial charge in [0.15, 0.2) is 0 Å². The van der Waals surface area contributed by atoms with Crippen LogP contribution in [-0.2, 0) is 11.3 Å². The third-order valence-electron chi connectivity index (χ3n) is 3.11. The number of carbonyl (C=O) groups is 1. The molecule has 2 N–H and O–H groups in total. The van der Waals surface area contributed by atoms with Crippen LogP contribution in [0, 0.1) is 6.92 Å². The number of hydrogen-bond acceptors (Lipinski definition) is 4. The first-order chi connectivity index (χ1) is 9.24. The molecule has 1 aliphatic heterocycles. The third kappa shape index (κ3) is 2.32. The number of amides is 1. The smallest absolute Gasteiger partial charge is 0.246 e. The fraction of sp³-hybridized carbons (Fsp3) is 0.214. The monoisotopic (exact) mass is 254 g/mol. The highest BCUT2D eigenvalue weighted by molar-refractivity contribution is 6.02. The Labute approximate surface area is 111 Å². The number of aryl methyl sites for hydroxylation is 1. The fourth-order valence-electron chi connectivity index (χ4n) is 2.22. The van der Waals surface area contributed by atoms with Crippen molar-refractivity contribution in [3.05, 3.63) is 53.6 Å². The minimum Gasteiger partial charge on any atom is -0.324 e. The second-order valence-electron chi connectivity index (χ2n) is 4.49. The van der Waals surface area contributed by atoms with Crippen LogP contribution >= 0.6 is 0 Å². The number of nitrogens with zero attached hydrogens (tertiary/aromatic N) is 2. The van der Waals surface area contributed by atoms with E-state index < -0.39 is 0 Å². The van der Waals surface area contributed by atoms with E-state index in [1.54, 1.807) is 6.20 Å². The van der Waals surface area contributed by atoms with Gasteiger partial charge in [-0.3, -0.25) is 10.1 Å². The van der Waals surface area contributed by atoms with Gasteiger partial charge < -0.3 is 5.32 Å². The van der Waals surface area contributed by atoms with Crippen LogP contribution < -0.4 is 10.6 Å². The van der Waals surface area contributed by atoms with Gasteiger partial charge in [0.2, 0.25) is 5.91 Å². The van der Waals surface area contributed by atoms with Gasteiger partial charge in [-0.15, -0.1) is 0 Å². The highest BCUT2D eigenvalue weighted by Crippen LogP contribution is 2.30. The molecule has 1 amide bonds. The molecule has 1 aromatic carbocycles. The van der Waals surface area contributed by atoms with Crippen molar-refractivity contribution in [3.63, 3.8) is 0 Å². The fourth-order valence-corrected chi connectivity index (χ4v) is 2.22. The molecule has 1 aliphatic rings. The highest BCUT2D eigenvalue weighted by atomic mass is 16.2. The molecule has 0 spiro atoms. The average molecular weight is 254 g/mol. The SMILES string of the molecule is Cc1nccc(CNC2C(=O)Nc3ccccc32)n1. The van der Waals surface area contributed by atoms with Crippen molar-refractivity contribution in [2.75, 3.05) is 5.32 Å². The van der Waals surface area contributed by atoms with Gasteiger partial charge in [-0.05, 0) is 19.1 Å². The van der Waals surface area contributed by atoms with E-state index in [0.717, 1.165) is 22.8 Å². The van der Waals surface area contributed by atoms with Gasteiger partial charge in [0.25, 0.3) is 0 Å². The molecule has 0 saturated carbocycles. The number of para-hydroxylation sites is 1. The predicted octanol–water partition coefficient (Wildman–Crippen LogP) is 1.57. The Bertz CT molecular complexity index is 626. The summed E-state index contributed by atoms with van der Waals surface area (Å²) in [5.41, 5.74) is 2.74. The van der Waals surface area contributed by atoms with Crippen LogP contribution in [0.2, 0.25) is 0 Å². The molecule has 96 valence electrons. The third-order valence-corrected chi connectivity index (χ3v) is 3.11. The standard InChI is InChI=1S/C14H14N4O/c1-9-15-7-6-10(17-9)8-16-13-11-4-2-3-5-12(11)18-14(13)19/h2-7,13,16H,8H2,1H3,(H,18,19). The Kier molecular flexibility index (Phi) is 2.97. The second kappa shape index (κ2) is 4.78. The van der Waals surface area contributed by atoms with Crippen LogP contribution in [0.25, 0.3) is 0 Å². The Hall–Kier alpha value is -2.27. The molecule has 5 nitrogen and oxygen atoms in total. The van der Waals surface area contributed by atoms with E-state index in [0.29, 0.717) is 6.54 Å². The minimum atomic E-state index is -0.313. The summed E-state index contributed by atoms with van der Waals surface area (Å²) in [4.78, 5) is 20.3. The number of benzene rings is 1. The van der Waals surface area contributed by atoms with Gasteiger partial charge in [0.1, 0.15) is 11.9 Å². The summed E-state index contributed by atoms with van der Waals surface area (Å²) < 4.78 is 0. The molecule has 3 rings (SSSR count). The normalized spacial score (nSPS) is 17.1. The lowest BCUT2D eigenvalue weighted by Crippen LogP contribution is -2.27. The van der Waals surface area contributed by atoms with Crippen LogP contribution in [0.3, 0.4) is 0 Å². The molecule has 1 atom stereocenters. The molecule has 0 aliphatic carbocycles. The molecule has 1 unspecified atom stereocenters. The van der Waals surface area contributed by atoms with Crippen molar-refractivity contribution in [3.8, 4) is 0 Å². The zero-order chi connectivity index (χ0) is 13.2. The number of fused-ring (bicyclic) bond motifs is 1. The van der Waals surface area contributed by atoms with Crippen molar-refractivity contribution in [1.29, 1.82) is 0 Å². The Morgan fingerprint density at radius 1 is 1.32 bits per heavy atom. The Balaban J connectivity index is 1.75. The summed E-state index contributed by atoms with van der Waals surface area (Å²) in [6.45, 7) is 2.39. The molecule has 0 saturated heterocycles. The van der Waals surface area contributed by atoms with Crippen LogP contribution in [0.15, 0.2) is 36.5 Å². The molecular formula is C14H14N4O. The van der Waals surface area contributed by atoms with Gasteiger partial charge in [-0.1, -0.05) is 18.2 Å². The number of carbonyl (C=O) groups excluding carboxylic acids is 1. The van der Waals surface area contributed by atoms with Crippen LogP contribution in [0.4, 0.5) is 5.69 Å². The van der Waals surface area contributed by atoms with Crippen molar-refractivity contribution in [2.45, 2.75) is 19.5 Å². The molecule has 2 heterocycles. The zero-order valence-electron chi connectivity index (χ0n) is 10.6. The maximum atomic E-state index is 11.9. The Morgan fingerprint density at radius 2 is 2.16 bits per heavy atom. The summed E-state index contributed by atoms with van der Waals surface area (Å²) in [7, 11) is 0. The van der Waals surface area contributed by atoms with E-state index in [4.69, 9.17) is 0 Å². The lowest BCUT2D eigenvalue weighted by molar-refractivity contribution is -0.117. The van der Waals surface area contributed by atoms with E-state index in [2.05, 4.69) is 20.6 Å². The number of anilines is 1. The summed E-state index contributed by atoms with van der Waals surface area (Å²) in [6, 6.07) is 9.24. The van der Waals surface area contributed by atoms with Gasteiger partial charge in [-0.2, -0.15) is 0 Å². The molecule has 2 aromatic rings. The summed E-state index contributed by atoms with van der Waals surface area (Å²) >= 11 is 0. The number of aromatic nitrogens is 2. The molecule has 0 fully saturated rings. The molecule has 1 aromatic heterocycles. The van der Waals surface area contributed by atoms with Crippen molar-refractivity contribution in [2.24, 2.45) is 0 Å². The quantitative estimate of drug-likeness (QED) is 0.872. The van der Waals surface area contributed by atoms with Crippen LogP contribution in [0.5, 0.6) is 0 Å². The topological polar surface area (TPSA) is 66.9 Å². The first-order valence-electron chi connectivity index (χ1n) is 6.16. The predicted molar refractivity (Wildman–Crippen MR) is 71.4 cm³/mol. The maximum Gasteiger partial charge on any atom is 0.246 e. The first kappa shape index (κ1) is 11.8. The lowest BCUT2D eigenvalue weighted by atomic mass is 10.1. The molecule has 5 heteroatoms. The second-order valence-corrected chi connectivity index (χ2v) is 4.49. The van der Waals surface area contributed by atoms with Crippen molar-refractivity contribution < 1.29 is 4.79 Å². The van der Waals surface area contributed by atoms with E-state index in [9.17, 15) is 4.79 Å². The highest BCUT2D eigenvalue weighted by Gasteiger charge is 2.29.